The van der Waals surface area contributed by atoms with Gasteiger partial charge in [-0.3, -0.25) is 9.69 Å². The molecule has 3 heterocycles. The second kappa shape index (κ2) is 11.5. The number of hydrogen-bond acceptors (Lipinski definition) is 6. The molecule has 0 atom stereocenters. The number of nitrogens with one attached hydrogen (secondary N) is 1. The summed E-state index contributed by atoms with van der Waals surface area (Å²) >= 11 is 12.2. The zero-order chi connectivity index (χ0) is 22.3. The van der Waals surface area contributed by atoms with Crippen molar-refractivity contribution in [3.05, 3.63) is 34.1 Å². The van der Waals surface area contributed by atoms with Crippen molar-refractivity contribution in [2.24, 2.45) is 5.92 Å². The van der Waals surface area contributed by atoms with Gasteiger partial charge in [-0.05, 0) is 83.0 Å². The predicted molar refractivity (Wildman–Crippen MR) is 126 cm³/mol. The highest BCUT2D eigenvalue weighted by molar-refractivity contribution is 6.36. The van der Waals surface area contributed by atoms with Crippen molar-refractivity contribution in [1.82, 2.24) is 25.3 Å². The summed E-state index contributed by atoms with van der Waals surface area (Å²) in [5, 5.41) is 8.25. The van der Waals surface area contributed by atoms with Crippen molar-refractivity contribution in [3.8, 4) is 11.4 Å². The van der Waals surface area contributed by atoms with Gasteiger partial charge in [-0.25, -0.2) is 0 Å². The van der Waals surface area contributed by atoms with Gasteiger partial charge >= 0.3 is 0 Å². The molecule has 4 rings (SSSR count). The Bertz CT molecular complexity index is 892. The molecule has 2 fully saturated rings. The summed E-state index contributed by atoms with van der Waals surface area (Å²) in [6.45, 7) is 6.53. The van der Waals surface area contributed by atoms with Gasteiger partial charge in [0, 0.05) is 23.0 Å². The molecule has 0 spiro atoms. The summed E-state index contributed by atoms with van der Waals surface area (Å²) in [5.74, 6) is 1.29. The molecule has 2 aliphatic heterocycles. The fraction of sp³-hybridized carbons (Fsp3) is 0.609. The van der Waals surface area contributed by atoms with Gasteiger partial charge in [0.25, 0.3) is 0 Å². The summed E-state index contributed by atoms with van der Waals surface area (Å²) in [6.07, 6.45) is 6.71. The van der Waals surface area contributed by atoms with Crippen molar-refractivity contribution in [1.29, 1.82) is 0 Å². The van der Waals surface area contributed by atoms with Gasteiger partial charge in [-0.15, -0.1) is 0 Å². The predicted octanol–water partition coefficient (Wildman–Crippen LogP) is 4.25. The van der Waals surface area contributed by atoms with Crippen LogP contribution < -0.4 is 5.32 Å². The van der Waals surface area contributed by atoms with Crippen LogP contribution in [0.15, 0.2) is 22.7 Å². The molecule has 1 amide bonds. The lowest BCUT2D eigenvalue weighted by Crippen LogP contribution is -2.41. The minimum Gasteiger partial charge on any atom is -0.356 e. The summed E-state index contributed by atoms with van der Waals surface area (Å²) < 4.78 is 5.42. The van der Waals surface area contributed by atoms with Crippen molar-refractivity contribution in [2.75, 3.05) is 39.3 Å². The van der Waals surface area contributed by atoms with Crippen LogP contribution in [0.25, 0.3) is 11.4 Å². The van der Waals surface area contributed by atoms with Crippen LogP contribution in [0.3, 0.4) is 0 Å². The molecule has 0 unspecified atom stereocenters. The molecular weight excluding hydrogens is 449 g/mol. The number of carbonyl (C=O) groups excluding carboxylic acids is 1. The fourth-order valence-electron chi connectivity index (χ4n) is 4.49. The molecule has 0 aliphatic carbocycles. The van der Waals surface area contributed by atoms with E-state index in [1.165, 1.54) is 32.4 Å². The third kappa shape index (κ3) is 6.44. The Morgan fingerprint density at radius 1 is 1.09 bits per heavy atom. The highest BCUT2D eigenvalue weighted by Crippen LogP contribution is 2.28. The zero-order valence-electron chi connectivity index (χ0n) is 18.4. The average molecular weight is 480 g/mol. The summed E-state index contributed by atoms with van der Waals surface area (Å²) in [7, 11) is 0. The van der Waals surface area contributed by atoms with Gasteiger partial charge in [0.1, 0.15) is 0 Å². The number of aromatic nitrogens is 2. The Kier molecular flexibility index (Phi) is 8.41. The molecule has 1 aromatic carbocycles. The van der Waals surface area contributed by atoms with Crippen LogP contribution in [0.4, 0.5) is 0 Å². The van der Waals surface area contributed by atoms with E-state index in [2.05, 4.69) is 25.3 Å². The largest absolute Gasteiger partial charge is 0.356 e. The van der Waals surface area contributed by atoms with Crippen LogP contribution in [0, 0.1) is 5.92 Å². The highest BCUT2D eigenvalue weighted by Gasteiger charge is 2.26. The Morgan fingerprint density at radius 3 is 2.62 bits per heavy atom. The quantitative estimate of drug-likeness (QED) is 0.570. The molecule has 0 saturated carbocycles. The summed E-state index contributed by atoms with van der Waals surface area (Å²) in [5.41, 5.74) is 0.696. The minimum atomic E-state index is 0.0901. The van der Waals surface area contributed by atoms with E-state index in [0.717, 1.165) is 45.4 Å². The van der Waals surface area contributed by atoms with Crippen LogP contribution in [0.1, 0.15) is 44.4 Å². The smallest absolute Gasteiger partial charge is 0.241 e. The molecule has 0 radical (unpaired) electrons. The normalized spacial score (nSPS) is 18.7. The molecule has 32 heavy (non-hydrogen) atoms. The molecule has 0 bridgehead atoms. The number of hydrogen-bond donors (Lipinski definition) is 1. The lowest BCUT2D eigenvalue weighted by molar-refractivity contribution is -0.126. The minimum absolute atomic E-state index is 0.0901. The number of halogens is 2. The van der Waals surface area contributed by atoms with E-state index < -0.39 is 0 Å². The van der Waals surface area contributed by atoms with E-state index in [4.69, 9.17) is 27.7 Å². The lowest BCUT2D eigenvalue weighted by Gasteiger charge is -2.30. The van der Waals surface area contributed by atoms with E-state index in [1.807, 2.05) is 0 Å². The third-order valence-electron chi connectivity index (χ3n) is 6.36. The number of piperidine rings is 2. The maximum atomic E-state index is 12.5. The number of carbonyl (C=O) groups is 1. The molecule has 2 saturated heterocycles. The van der Waals surface area contributed by atoms with Gasteiger partial charge in [0.05, 0.1) is 11.6 Å². The average Bonchev–Trinajstić information content (AvgIpc) is 3.26. The maximum absolute atomic E-state index is 12.5. The van der Waals surface area contributed by atoms with E-state index in [-0.39, 0.29) is 11.8 Å². The second-order valence-corrected chi connectivity index (χ2v) is 9.58. The molecule has 2 aromatic rings. The van der Waals surface area contributed by atoms with Crippen molar-refractivity contribution in [2.45, 2.75) is 45.1 Å². The first-order valence-electron chi connectivity index (χ1n) is 11.6. The van der Waals surface area contributed by atoms with Crippen LogP contribution in [0.5, 0.6) is 0 Å². The molecule has 1 N–H and O–H groups in total. The van der Waals surface area contributed by atoms with Gasteiger partial charge in [0.15, 0.2) is 0 Å². The second-order valence-electron chi connectivity index (χ2n) is 8.73. The molecule has 1 aromatic heterocycles. The molecule has 2 aliphatic rings. The van der Waals surface area contributed by atoms with Gasteiger partial charge in [0.2, 0.25) is 17.6 Å². The first-order valence-corrected chi connectivity index (χ1v) is 12.3. The third-order valence-corrected chi connectivity index (χ3v) is 6.90. The first-order chi connectivity index (χ1) is 15.6. The Morgan fingerprint density at radius 2 is 1.88 bits per heavy atom. The zero-order valence-corrected chi connectivity index (χ0v) is 19.9. The molecule has 174 valence electrons. The van der Waals surface area contributed by atoms with Crippen LogP contribution in [0.2, 0.25) is 10.0 Å². The number of rotatable bonds is 8. The highest BCUT2D eigenvalue weighted by atomic mass is 35.5. The van der Waals surface area contributed by atoms with Crippen LogP contribution >= 0.6 is 23.2 Å². The summed E-state index contributed by atoms with van der Waals surface area (Å²) in [6, 6.07) is 5.20. The maximum Gasteiger partial charge on any atom is 0.241 e. The topological polar surface area (TPSA) is 74.5 Å². The first kappa shape index (κ1) is 23.5. The standard InChI is InChI=1S/C23H31Cl2N5O2/c24-18-5-6-19(20(25)15-18)22-27-21(32-28-22)16-30-13-7-17(8-14-30)23(31)26-9-4-12-29-10-2-1-3-11-29/h5-6,15,17H,1-4,7-14,16H2,(H,26,31). The van der Waals surface area contributed by atoms with E-state index in [1.54, 1.807) is 18.2 Å². The van der Waals surface area contributed by atoms with Gasteiger partial charge < -0.3 is 14.7 Å². The number of nitrogens with zero attached hydrogens (tertiary/aromatic N) is 4. The number of benzene rings is 1. The molecular formula is C23H31Cl2N5O2. The Labute approximate surface area is 199 Å². The van der Waals surface area contributed by atoms with Crippen molar-refractivity contribution in [3.63, 3.8) is 0 Å². The SMILES string of the molecule is O=C(NCCCN1CCCCC1)C1CCN(Cc2nc(-c3ccc(Cl)cc3Cl)no2)CC1. The monoisotopic (exact) mass is 479 g/mol. The fourth-order valence-corrected chi connectivity index (χ4v) is 4.98. The molecule has 9 heteroatoms. The molecule has 7 nitrogen and oxygen atoms in total. The van der Waals surface area contributed by atoms with Crippen LogP contribution in [-0.2, 0) is 11.3 Å². The van der Waals surface area contributed by atoms with Gasteiger partial charge in [-0.1, -0.05) is 34.8 Å². The Balaban J connectivity index is 1.17. The van der Waals surface area contributed by atoms with Gasteiger partial charge in [-0.2, -0.15) is 4.98 Å². The van der Waals surface area contributed by atoms with Crippen molar-refractivity contribution >= 4 is 29.1 Å². The number of amides is 1. The summed E-state index contributed by atoms with van der Waals surface area (Å²) in [4.78, 5) is 21.8. The Hall–Kier alpha value is -1.67. The van der Waals surface area contributed by atoms with E-state index >= 15 is 0 Å². The van der Waals surface area contributed by atoms with Crippen LogP contribution in [-0.4, -0.2) is 65.1 Å². The van der Waals surface area contributed by atoms with Crippen molar-refractivity contribution < 1.29 is 9.32 Å². The van der Waals surface area contributed by atoms with E-state index in [0.29, 0.717) is 33.9 Å². The lowest BCUT2D eigenvalue weighted by atomic mass is 9.96. The number of likely N-dealkylation sites (tertiary alicyclic amines) is 2. The van der Waals surface area contributed by atoms with E-state index in [9.17, 15) is 4.79 Å².